The predicted molar refractivity (Wildman–Crippen MR) is 80.6 cm³/mol. The zero-order valence-electron chi connectivity index (χ0n) is 12.3. The van der Waals surface area contributed by atoms with Crippen LogP contribution in [0.5, 0.6) is 0 Å². The van der Waals surface area contributed by atoms with Crippen molar-refractivity contribution < 1.29 is 18.3 Å². The summed E-state index contributed by atoms with van der Waals surface area (Å²) < 4.78 is 37.6. The van der Waals surface area contributed by atoms with Gasteiger partial charge in [0.25, 0.3) is 0 Å². The molecule has 0 fully saturated rings. The van der Waals surface area contributed by atoms with Gasteiger partial charge in [0, 0.05) is 23.5 Å². The van der Waals surface area contributed by atoms with Gasteiger partial charge in [0.15, 0.2) is 0 Å². The Bertz CT molecular complexity index is 610. The summed E-state index contributed by atoms with van der Waals surface area (Å²) >= 11 is 1.40. The second kappa shape index (κ2) is 6.76. The van der Waals surface area contributed by atoms with Crippen LogP contribution in [0, 0.1) is 0 Å². The van der Waals surface area contributed by atoms with Crippen molar-refractivity contribution in [3.63, 3.8) is 0 Å². The molecule has 7 heteroatoms. The van der Waals surface area contributed by atoms with Crippen LogP contribution in [-0.2, 0) is 12.7 Å². The number of benzene rings is 1. The molecule has 1 heterocycles. The van der Waals surface area contributed by atoms with Gasteiger partial charge in [-0.05, 0) is 26.1 Å². The van der Waals surface area contributed by atoms with E-state index in [0.29, 0.717) is 17.1 Å². The van der Waals surface area contributed by atoms with Gasteiger partial charge in [0.2, 0.25) is 0 Å². The van der Waals surface area contributed by atoms with Gasteiger partial charge in [-0.15, -0.1) is 11.3 Å². The van der Waals surface area contributed by atoms with Crippen LogP contribution in [-0.4, -0.2) is 34.7 Å². The maximum atomic E-state index is 12.5. The number of likely N-dealkylation sites (N-methyl/N-ethyl adjacent to an activating group) is 1. The Morgan fingerprint density at radius 3 is 2.45 bits per heavy atom. The fourth-order valence-electron chi connectivity index (χ4n) is 1.86. The molecule has 1 unspecified atom stereocenters. The first-order valence-electron chi connectivity index (χ1n) is 6.74. The topological polar surface area (TPSA) is 36.4 Å². The largest absolute Gasteiger partial charge is 0.416 e. The first-order chi connectivity index (χ1) is 10.3. The molecule has 0 aliphatic carbocycles. The van der Waals surface area contributed by atoms with Crippen molar-refractivity contribution in [1.82, 2.24) is 9.88 Å². The minimum Gasteiger partial charge on any atom is -0.395 e. The van der Waals surface area contributed by atoms with E-state index in [2.05, 4.69) is 4.98 Å². The van der Waals surface area contributed by atoms with Crippen molar-refractivity contribution >= 4 is 11.3 Å². The van der Waals surface area contributed by atoms with E-state index in [1.807, 2.05) is 24.3 Å². The highest BCUT2D eigenvalue weighted by Crippen LogP contribution is 2.31. The van der Waals surface area contributed by atoms with Gasteiger partial charge in [0.05, 0.1) is 17.9 Å². The van der Waals surface area contributed by atoms with Crippen LogP contribution in [0.4, 0.5) is 13.2 Å². The standard InChI is InChI=1S/C15H17F3N2OS/c1-10(8-21)20(2)7-13-9-22-14(19-13)11-3-5-12(6-4-11)15(16,17)18/h3-6,9-10,21H,7-8H2,1-2H3. The van der Waals surface area contributed by atoms with Crippen molar-refractivity contribution in [2.24, 2.45) is 0 Å². The molecule has 0 saturated carbocycles. The highest BCUT2D eigenvalue weighted by Gasteiger charge is 2.30. The van der Waals surface area contributed by atoms with Gasteiger partial charge in [0.1, 0.15) is 5.01 Å². The Hall–Kier alpha value is -1.44. The summed E-state index contributed by atoms with van der Waals surface area (Å²) in [7, 11) is 1.89. The molecule has 0 aliphatic heterocycles. The van der Waals surface area contributed by atoms with E-state index in [9.17, 15) is 13.2 Å². The van der Waals surface area contributed by atoms with E-state index in [1.165, 1.54) is 23.5 Å². The van der Waals surface area contributed by atoms with E-state index < -0.39 is 11.7 Å². The lowest BCUT2D eigenvalue weighted by Crippen LogP contribution is -2.31. The van der Waals surface area contributed by atoms with Crippen LogP contribution in [0.25, 0.3) is 10.6 Å². The van der Waals surface area contributed by atoms with Gasteiger partial charge in [-0.1, -0.05) is 12.1 Å². The van der Waals surface area contributed by atoms with Crippen LogP contribution in [0.2, 0.25) is 0 Å². The number of alkyl halides is 3. The maximum absolute atomic E-state index is 12.5. The van der Waals surface area contributed by atoms with Crippen molar-refractivity contribution in [3.05, 3.63) is 40.9 Å². The van der Waals surface area contributed by atoms with Gasteiger partial charge < -0.3 is 5.11 Å². The number of thiazole rings is 1. The second-order valence-electron chi connectivity index (χ2n) is 5.17. The Kier molecular flexibility index (Phi) is 5.20. The van der Waals surface area contributed by atoms with Crippen molar-refractivity contribution in [3.8, 4) is 10.6 Å². The molecule has 1 aromatic heterocycles. The zero-order valence-corrected chi connectivity index (χ0v) is 13.1. The van der Waals surface area contributed by atoms with Crippen molar-refractivity contribution in [2.45, 2.75) is 25.7 Å². The molecular formula is C15H17F3N2OS. The second-order valence-corrected chi connectivity index (χ2v) is 6.02. The summed E-state index contributed by atoms with van der Waals surface area (Å²) in [6, 6.07) is 5.03. The number of rotatable bonds is 5. The third-order valence-electron chi connectivity index (χ3n) is 3.44. The van der Waals surface area contributed by atoms with Crippen LogP contribution in [0.1, 0.15) is 18.2 Å². The van der Waals surface area contributed by atoms with Gasteiger partial charge in [-0.25, -0.2) is 4.98 Å². The summed E-state index contributed by atoms with van der Waals surface area (Å²) in [5, 5.41) is 11.7. The quantitative estimate of drug-likeness (QED) is 0.909. The monoisotopic (exact) mass is 330 g/mol. The summed E-state index contributed by atoms with van der Waals surface area (Å²) in [5.41, 5.74) is 0.842. The van der Waals surface area contributed by atoms with E-state index in [-0.39, 0.29) is 12.6 Å². The summed E-state index contributed by atoms with van der Waals surface area (Å²) in [6.07, 6.45) is -4.32. The average molecular weight is 330 g/mol. The normalized spacial score (nSPS) is 13.6. The Labute approximate surface area is 131 Å². The zero-order chi connectivity index (χ0) is 16.3. The van der Waals surface area contributed by atoms with Gasteiger partial charge >= 0.3 is 6.18 Å². The molecule has 3 nitrogen and oxygen atoms in total. The Balaban J connectivity index is 2.11. The van der Waals surface area contributed by atoms with E-state index in [0.717, 1.165) is 17.8 Å². The molecular weight excluding hydrogens is 313 g/mol. The van der Waals surface area contributed by atoms with Crippen LogP contribution in [0.15, 0.2) is 29.6 Å². The number of nitrogens with zero attached hydrogens (tertiary/aromatic N) is 2. The van der Waals surface area contributed by atoms with Crippen molar-refractivity contribution in [1.29, 1.82) is 0 Å². The SMILES string of the molecule is CC(CO)N(C)Cc1csc(-c2ccc(C(F)(F)F)cc2)n1. The minimum atomic E-state index is -4.32. The Morgan fingerprint density at radius 1 is 1.27 bits per heavy atom. The molecule has 22 heavy (non-hydrogen) atoms. The fraction of sp³-hybridized carbons (Fsp3) is 0.400. The number of halogens is 3. The lowest BCUT2D eigenvalue weighted by molar-refractivity contribution is -0.137. The lowest BCUT2D eigenvalue weighted by Gasteiger charge is -2.21. The summed E-state index contributed by atoms with van der Waals surface area (Å²) in [5.74, 6) is 0. The Morgan fingerprint density at radius 2 is 1.91 bits per heavy atom. The van der Waals surface area contributed by atoms with Gasteiger partial charge in [-0.3, -0.25) is 4.90 Å². The molecule has 0 bridgehead atoms. The number of aliphatic hydroxyl groups is 1. The molecule has 120 valence electrons. The lowest BCUT2D eigenvalue weighted by atomic mass is 10.1. The van der Waals surface area contributed by atoms with E-state index in [4.69, 9.17) is 5.11 Å². The van der Waals surface area contributed by atoms with Crippen LogP contribution >= 0.6 is 11.3 Å². The third-order valence-corrected chi connectivity index (χ3v) is 4.38. The fourth-order valence-corrected chi connectivity index (χ4v) is 2.68. The molecule has 0 saturated heterocycles. The molecule has 2 aromatic rings. The van der Waals surface area contributed by atoms with Crippen molar-refractivity contribution in [2.75, 3.05) is 13.7 Å². The maximum Gasteiger partial charge on any atom is 0.416 e. The smallest absolute Gasteiger partial charge is 0.395 e. The number of aromatic nitrogens is 1. The molecule has 2 rings (SSSR count). The molecule has 1 atom stereocenters. The predicted octanol–water partition coefficient (Wildman–Crippen LogP) is 3.64. The van der Waals surface area contributed by atoms with E-state index >= 15 is 0 Å². The van der Waals surface area contributed by atoms with Crippen LogP contribution < -0.4 is 0 Å². The number of hydrogen-bond donors (Lipinski definition) is 1. The first kappa shape index (κ1) is 16.9. The van der Waals surface area contributed by atoms with Crippen LogP contribution in [0.3, 0.4) is 0 Å². The molecule has 0 spiro atoms. The number of aliphatic hydroxyl groups excluding tert-OH is 1. The molecule has 1 N–H and O–H groups in total. The molecule has 0 amide bonds. The minimum absolute atomic E-state index is 0.0243. The highest BCUT2D eigenvalue weighted by atomic mass is 32.1. The summed E-state index contributed by atoms with van der Waals surface area (Å²) in [4.78, 5) is 6.41. The molecule has 0 aliphatic rings. The van der Waals surface area contributed by atoms with E-state index in [1.54, 1.807) is 0 Å². The number of hydrogen-bond acceptors (Lipinski definition) is 4. The summed E-state index contributed by atoms with van der Waals surface area (Å²) in [6.45, 7) is 2.55. The first-order valence-corrected chi connectivity index (χ1v) is 7.62. The average Bonchev–Trinajstić information content (AvgIpc) is 2.94. The van der Waals surface area contributed by atoms with Gasteiger partial charge in [-0.2, -0.15) is 13.2 Å². The molecule has 0 radical (unpaired) electrons. The highest BCUT2D eigenvalue weighted by molar-refractivity contribution is 7.13. The third kappa shape index (κ3) is 4.06. The molecule has 1 aromatic carbocycles.